The van der Waals surface area contributed by atoms with Crippen LogP contribution >= 0.6 is 0 Å². The first-order valence-corrected chi connectivity index (χ1v) is 5.94. The Hall–Kier alpha value is -1.09. The van der Waals surface area contributed by atoms with E-state index in [0.717, 1.165) is 43.1 Å². The van der Waals surface area contributed by atoms with Gasteiger partial charge in [-0.1, -0.05) is 19.1 Å². The van der Waals surface area contributed by atoms with E-state index in [-0.39, 0.29) is 5.82 Å². The van der Waals surface area contributed by atoms with Crippen LogP contribution in [0.5, 0.6) is 0 Å². The lowest BCUT2D eigenvalue weighted by molar-refractivity contribution is 0.434. The van der Waals surface area contributed by atoms with Crippen molar-refractivity contribution in [3.63, 3.8) is 0 Å². The van der Waals surface area contributed by atoms with Crippen molar-refractivity contribution in [1.82, 2.24) is 0 Å². The van der Waals surface area contributed by atoms with E-state index < -0.39 is 0 Å². The maximum absolute atomic E-state index is 13.8. The lowest BCUT2D eigenvalue weighted by Gasteiger charge is -2.33. The Morgan fingerprint density at radius 2 is 2.06 bits per heavy atom. The van der Waals surface area contributed by atoms with Gasteiger partial charge in [0, 0.05) is 19.6 Å². The second-order valence-corrected chi connectivity index (χ2v) is 4.62. The molecule has 3 heteroatoms. The summed E-state index contributed by atoms with van der Waals surface area (Å²) < 4.78 is 13.8. The third-order valence-corrected chi connectivity index (χ3v) is 3.39. The lowest BCUT2D eigenvalue weighted by atomic mass is 9.98. The van der Waals surface area contributed by atoms with Crippen LogP contribution in [0.15, 0.2) is 18.2 Å². The fraction of sp³-hybridized carbons (Fsp3) is 0.538. The van der Waals surface area contributed by atoms with E-state index in [4.69, 9.17) is 5.73 Å². The number of anilines is 1. The first-order valence-electron chi connectivity index (χ1n) is 5.94. The summed E-state index contributed by atoms with van der Waals surface area (Å²) in [5.74, 6) is 0.613. The average molecular weight is 222 g/mol. The molecule has 1 fully saturated rings. The highest BCUT2D eigenvalue weighted by Gasteiger charge is 2.20. The highest BCUT2D eigenvalue weighted by atomic mass is 19.1. The Bertz CT molecular complexity index is 357. The predicted octanol–water partition coefficient (Wildman–Crippen LogP) is 2.52. The van der Waals surface area contributed by atoms with Crippen LogP contribution < -0.4 is 10.6 Å². The minimum atomic E-state index is -0.141. The van der Waals surface area contributed by atoms with E-state index in [1.54, 1.807) is 6.07 Å². The molecule has 1 aliphatic rings. The van der Waals surface area contributed by atoms with Gasteiger partial charge in [-0.15, -0.1) is 0 Å². The molecule has 1 heterocycles. The Kier molecular flexibility index (Phi) is 3.44. The van der Waals surface area contributed by atoms with Gasteiger partial charge in [-0.25, -0.2) is 4.39 Å². The number of hydrogen-bond donors (Lipinski definition) is 1. The summed E-state index contributed by atoms with van der Waals surface area (Å²) in [7, 11) is 0. The maximum Gasteiger partial charge on any atom is 0.146 e. The Balaban J connectivity index is 2.25. The van der Waals surface area contributed by atoms with Crippen molar-refractivity contribution in [3.05, 3.63) is 29.6 Å². The number of nitrogens with zero attached hydrogens (tertiary/aromatic N) is 1. The topological polar surface area (TPSA) is 29.3 Å². The molecule has 0 amide bonds. The second-order valence-electron chi connectivity index (χ2n) is 4.62. The van der Waals surface area contributed by atoms with Crippen LogP contribution in [0.2, 0.25) is 0 Å². The molecule has 0 aromatic heterocycles. The third-order valence-electron chi connectivity index (χ3n) is 3.39. The number of halogens is 1. The van der Waals surface area contributed by atoms with Crippen LogP contribution in [0, 0.1) is 11.7 Å². The molecule has 2 rings (SSSR count). The molecule has 0 bridgehead atoms. The number of rotatable bonds is 2. The van der Waals surface area contributed by atoms with Crippen LogP contribution in [-0.4, -0.2) is 13.1 Å². The first kappa shape index (κ1) is 11.4. The summed E-state index contributed by atoms with van der Waals surface area (Å²) in [4.78, 5) is 2.14. The SMILES string of the molecule is CC1CCN(c2c(F)cccc2CN)CC1. The monoisotopic (exact) mass is 222 g/mol. The number of para-hydroxylation sites is 1. The molecule has 2 nitrogen and oxygen atoms in total. The Morgan fingerprint density at radius 1 is 1.38 bits per heavy atom. The highest BCUT2D eigenvalue weighted by Crippen LogP contribution is 2.28. The molecule has 88 valence electrons. The standard InChI is InChI=1S/C13H19FN2/c1-10-5-7-16(8-6-10)13-11(9-15)3-2-4-12(13)14/h2-4,10H,5-9,15H2,1H3. The molecule has 1 saturated heterocycles. The van der Waals surface area contributed by atoms with Crippen molar-refractivity contribution in [2.24, 2.45) is 11.7 Å². The molecule has 0 spiro atoms. The van der Waals surface area contributed by atoms with Crippen molar-refractivity contribution in [3.8, 4) is 0 Å². The van der Waals surface area contributed by atoms with Crippen LogP contribution in [0.4, 0.5) is 10.1 Å². The normalized spacial score (nSPS) is 17.8. The molecular formula is C13H19FN2. The summed E-state index contributed by atoms with van der Waals surface area (Å²) in [5.41, 5.74) is 7.29. The zero-order valence-electron chi connectivity index (χ0n) is 9.75. The lowest BCUT2D eigenvalue weighted by Crippen LogP contribution is -2.34. The molecule has 1 aromatic rings. The molecule has 16 heavy (non-hydrogen) atoms. The van der Waals surface area contributed by atoms with Gasteiger partial charge in [0.2, 0.25) is 0 Å². The van der Waals surface area contributed by atoms with Gasteiger partial charge >= 0.3 is 0 Å². The van der Waals surface area contributed by atoms with Crippen molar-refractivity contribution < 1.29 is 4.39 Å². The van der Waals surface area contributed by atoms with Crippen LogP contribution in [0.1, 0.15) is 25.3 Å². The van der Waals surface area contributed by atoms with Gasteiger partial charge in [0.15, 0.2) is 0 Å². The van der Waals surface area contributed by atoms with Gasteiger partial charge < -0.3 is 10.6 Å². The predicted molar refractivity (Wildman–Crippen MR) is 64.9 cm³/mol. The largest absolute Gasteiger partial charge is 0.369 e. The minimum Gasteiger partial charge on any atom is -0.369 e. The van der Waals surface area contributed by atoms with Crippen LogP contribution in [0.25, 0.3) is 0 Å². The second kappa shape index (κ2) is 4.83. The van der Waals surface area contributed by atoms with Crippen molar-refractivity contribution in [2.45, 2.75) is 26.3 Å². The number of piperidine rings is 1. The molecule has 0 unspecified atom stereocenters. The molecular weight excluding hydrogens is 203 g/mol. The summed E-state index contributed by atoms with van der Waals surface area (Å²) in [6.45, 7) is 4.53. The zero-order valence-corrected chi connectivity index (χ0v) is 9.75. The number of hydrogen-bond acceptors (Lipinski definition) is 2. The fourth-order valence-corrected chi connectivity index (χ4v) is 2.31. The van der Waals surface area contributed by atoms with Crippen molar-refractivity contribution in [1.29, 1.82) is 0 Å². The smallest absolute Gasteiger partial charge is 0.146 e. The zero-order chi connectivity index (χ0) is 11.5. The first-order chi connectivity index (χ1) is 7.72. The van der Waals surface area contributed by atoms with Gasteiger partial charge in [-0.3, -0.25) is 0 Å². The van der Waals surface area contributed by atoms with Gasteiger partial charge in [0.25, 0.3) is 0 Å². The highest BCUT2D eigenvalue weighted by molar-refractivity contribution is 5.55. The van der Waals surface area contributed by atoms with E-state index in [1.165, 1.54) is 6.07 Å². The molecule has 2 N–H and O–H groups in total. The van der Waals surface area contributed by atoms with E-state index in [0.29, 0.717) is 6.54 Å². The number of benzene rings is 1. The third kappa shape index (κ3) is 2.19. The molecule has 0 atom stereocenters. The average Bonchev–Trinajstić information content (AvgIpc) is 2.30. The van der Waals surface area contributed by atoms with Crippen molar-refractivity contribution >= 4 is 5.69 Å². The molecule has 0 radical (unpaired) electrons. The van der Waals surface area contributed by atoms with Gasteiger partial charge in [-0.2, -0.15) is 0 Å². The quantitative estimate of drug-likeness (QED) is 0.833. The number of nitrogens with two attached hydrogens (primary N) is 1. The molecule has 1 aliphatic heterocycles. The summed E-state index contributed by atoms with van der Waals surface area (Å²) in [5, 5.41) is 0. The fourth-order valence-electron chi connectivity index (χ4n) is 2.31. The Morgan fingerprint density at radius 3 is 2.69 bits per heavy atom. The van der Waals surface area contributed by atoms with Crippen molar-refractivity contribution in [2.75, 3.05) is 18.0 Å². The van der Waals surface area contributed by atoms with E-state index >= 15 is 0 Å². The molecule has 0 saturated carbocycles. The van der Waals surface area contributed by atoms with Crippen LogP contribution in [0.3, 0.4) is 0 Å². The summed E-state index contributed by atoms with van der Waals surface area (Å²) in [6.07, 6.45) is 2.27. The van der Waals surface area contributed by atoms with Crippen LogP contribution in [-0.2, 0) is 6.54 Å². The van der Waals surface area contributed by atoms with E-state index in [9.17, 15) is 4.39 Å². The van der Waals surface area contributed by atoms with E-state index in [2.05, 4.69) is 11.8 Å². The maximum atomic E-state index is 13.8. The van der Waals surface area contributed by atoms with Gasteiger partial charge in [0.05, 0.1) is 5.69 Å². The summed E-state index contributed by atoms with van der Waals surface area (Å²) in [6, 6.07) is 5.16. The minimum absolute atomic E-state index is 0.141. The summed E-state index contributed by atoms with van der Waals surface area (Å²) >= 11 is 0. The Labute approximate surface area is 96.2 Å². The van der Waals surface area contributed by atoms with E-state index in [1.807, 2.05) is 6.07 Å². The molecule has 0 aliphatic carbocycles. The van der Waals surface area contributed by atoms with Gasteiger partial charge in [0.1, 0.15) is 5.82 Å². The van der Waals surface area contributed by atoms with Gasteiger partial charge in [-0.05, 0) is 30.4 Å². The molecule has 1 aromatic carbocycles.